The summed E-state index contributed by atoms with van der Waals surface area (Å²) in [5.41, 5.74) is 1.22. The summed E-state index contributed by atoms with van der Waals surface area (Å²) in [5.74, 6) is 1.68. The first kappa shape index (κ1) is 24.6. The molecule has 0 fully saturated rings. The van der Waals surface area contributed by atoms with Gasteiger partial charge in [-0.15, -0.1) is 0 Å². The molecule has 0 bridgehead atoms. The summed E-state index contributed by atoms with van der Waals surface area (Å²) in [6, 6.07) is 39.6. The van der Waals surface area contributed by atoms with Gasteiger partial charge in [-0.05, 0) is 79.8 Å². The Morgan fingerprint density at radius 3 is 1.78 bits per heavy atom. The Hall–Kier alpha value is -3.13. The maximum atomic E-state index is 5.98. The van der Waals surface area contributed by atoms with Gasteiger partial charge in [0.1, 0.15) is 23.2 Å². The molecule has 0 N–H and O–H groups in total. The molecule has 0 aliphatic carbocycles. The molecule has 1 aliphatic rings. The molecule has 0 spiro atoms. The first-order chi connectivity index (χ1) is 17.9. The van der Waals surface area contributed by atoms with Crippen LogP contribution >= 0.6 is 7.26 Å². The van der Waals surface area contributed by atoms with Crippen LogP contribution in [0.15, 0.2) is 109 Å². The Balaban J connectivity index is 1.19. The quantitative estimate of drug-likeness (QED) is 0.174. The molecule has 4 aromatic carbocycles. The summed E-state index contributed by atoms with van der Waals surface area (Å²) in [4.78, 5) is 0. The fourth-order valence-corrected chi connectivity index (χ4v) is 9.41. The topological polar surface area (TPSA) is 27.7 Å². The van der Waals surface area contributed by atoms with Crippen LogP contribution in [0.25, 0.3) is 0 Å². The predicted molar refractivity (Wildman–Crippen MR) is 151 cm³/mol. The monoisotopic (exact) mass is 497 g/mol. The van der Waals surface area contributed by atoms with Gasteiger partial charge < -0.3 is 14.2 Å². The van der Waals surface area contributed by atoms with Crippen molar-refractivity contribution in [1.29, 1.82) is 0 Å². The molecule has 3 nitrogen and oxygen atoms in total. The van der Waals surface area contributed by atoms with Crippen molar-refractivity contribution in [3.63, 3.8) is 0 Å². The van der Waals surface area contributed by atoms with Crippen LogP contribution in [0.4, 0.5) is 0 Å². The van der Waals surface area contributed by atoms with E-state index in [1.807, 2.05) is 6.07 Å². The molecule has 0 atom stereocenters. The second-order valence-electron chi connectivity index (χ2n) is 9.15. The van der Waals surface area contributed by atoms with E-state index in [9.17, 15) is 0 Å². The van der Waals surface area contributed by atoms with Crippen molar-refractivity contribution in [2.24, 2.45) is 0 Å². The lowest BCUT2D eigenvalue weighted by Crippen LogP contribution is -2.33. The van der Waals surface area contributed by atoms with Gasteiger partial charge in [-0.1, -0.05) is 60.7 Å². The Morgan fingerprint density at radius 1 is 0.583 bits per heavy atom. The molecular formula is C32H34O3P+. The highest BCUT2D eigenvalue weighted by Gasteiger charge is 2.44. The number of hydrogen-bond donors (Lipinski definition) is 0. The van der Waals surface area contributed by atoms with Crippen molar-refractivity contribution < 1.29 is 14.2 Å². The summed E-state index contributed by atoms with van der Waals surface area (Å²) in [6.07, 6.45) is 5.49. The van der Waals surface area contributed by atoms with Gasteiger partial charge in [0.15, 0.2) is 11.5 Å². The highest BCUT2D eigenvalue weighted by molar-refractivity contribution is 7.95. The lowest BCUT2D eigenvalue weighted by Gasteiger charge is -2.27. The van der Waals surface area contributed by atoms with E-state index in [0.717, 1.165) is 44.0 Å². The van der Waals surface area contributed by atoms with Crippen molar-refractivity contribution in [1.82, 2.24) is 0 Å². The van der Waals surface area contributed by atoms with E-state index in [1.54, 1.807) is 0 Å². The molecular weight excluding hydrogens is 463 g/mol. The van der Waals surface area contributed by atoms with Crippen LogP contribution < -0.4 is 25.4 Å². The Labute approximate surface area is 215 Å². The zero-order valence-electron chi connectivity index (χ0n) is 20.7. The molecule has 0 saturated heterocycles. The normalized spacial score (nSPS) is 12.6. The lowest BCUT2D eigenvalue weighted by molar-refractivity contribution is 0.133. The molecule has 36 heavy (non-hydrogen) atoms. The van der Waals surface area contributed by atoms with Gasteiger partial charge in [-0.25, -0.2) is 0 Å². The van der Waals surface area contributed by atoms with Crippen LogP contribution in [-0.4, -0.2) is 26.2 Å². The van der Waals surface area contributed by atoms with E-state index in [1.165, 1.54) is 34.1 Å². The summed E-state index contributed by atoms with van der Waals surface area (Å²) < 4.78 is 16.8. The average molecular weight is 498 g/mol. The van der Waals surface area contributed by atoms with Crippen LogP contribution in [0.5, 0.6) is 11.5 Å². The van der Waals surface area contributed by atoms with Gasteiger partial charge in [-0.2, -0.15) is 0 Å². The third kappa shape index (κ3) is 5.64. The molecule has 4 aromatic rings. The van der Waals surface area contributed by atoms with Gasteiger partial charge in [0.2, 0.25) is 6.79 Å². The van der Waals surface area contributed by atoms with Crippen LogP contribution in [0, 0.1) is 0 Å². The van der Waals surface area contributed by atoms with Crippen molar-refractivity contribution in [3.8, 4) is 11.5 Å². The summed E-state index contributed by atoms with van der Waals surface area (Å²) >= 11 is 0. The lowest BCUT2D eigenvalue weighted by atomic mass is 10.1. The molecule has 0 amide bonds. The van der Waals surface area contributed by atoms with Crippen molar-refractivity contribution >= 4 is 23.2 Å². The largest absolute Gasteiger partial charge is 0.454 e. The Kier molecular flexibility index (Phi) is 8.33. The second-order valence-corrected chi connectivity index (χ2v) is 12.8. The molecule has 5 rings (SSSR count). The van der Waals surface area contributed by atoms with Gasteiger partial charge in [-0.3, -0.25) is 0 Å². The number of unbranched alkanes of at least 4 members (excludes halogenated alkanes) is 2. The Bertz CT molecular complexity index is 1120. The minimum absolute atomic E-state index is 0.317. The number of rotatable bonds is 12. The molecule has 1 heterocycles. The van der Waals surface area contributed by atoms with Crippen LogP contribution in [-0.2, 0) is 11.2 Å². The maximum absolute atomic E-state index is 5.98. The first-order valence-corrected chi connectivity index (χ1v) is 14.8. The molecule has 4 heteroatoms. The fourth-order valence-electron chi connectivity index (χ4n) is 5.00. The van der Waals surface area contributed by atoms with E-state index in [0.29, 0.717) is 6.79 Å². The highest BCUT2D eigenvalue weighted by Crippen LogP contribution is 2.55. The molecule has 0 aromatic heterocycles. The van der Waals surface area contributed by atoms with Gasteiger partial charge in [0.05, 0.1) is 12.8 Å². The first-order valence-electron chi connectivity index (χ1n) is 12.9. The van der Waals surface area contributed by atoms with Crippen molar-refractivity contribution in [2.45, 2.75) is 25.7 Å². The predicted octanol–water partition coefficient (Wildman–Crippen LogP) is 6.14. The number of hydrogen-bond acceptors (Lipinski definition) is 3. The van der Waals surface area contributed by atoms with Crippen molar-refractivity contribution in [3.05, 3.63) is 115 Å². The summed E-state index contributed by atoms with van der Waals surface area (Å²) in [7, 11) is -1.72. The molecule has 1 aliphatic heterocycles. The third-order valence-electron chi connectivity index (χ3n) is 6.85. The number of ether oxygens (including phenoxy) is 3. The smallest absolute Gasteiger partial charge is 0.231 e. The third-order valence-corrected chi connectivity index (χ3v) is 11.4. The SMILES string of the molecule is c1ccc([P+](CCCCCOCCc2ccc3c(c2)OCO3)(c2ccccc2)c2ccccc2)cc1. The number of fused-ring (bicyclic) bond motifs is 1. The standard InChI is InChI=1S/C32H34O3P/c1-5-13-28(14-6-1)36(29-15-7-2-8-16-29,30-17-9-3-10-18-30)24-12-4-11-22-33-23-21-27-19-20-31-32(25-27)35-26-34-31/h1-3,5-10,13-20,25H,4,11-12,21-24,26H2/q+1. The van der Waals surface area contributed by atoms with Gasteiger partial charge in [0, 0.05) is 6.61 Å². The molecule has 0 saturated carbocycles. The summed E-state index contributed by atoms with van der Waals surface area (Å²) in [6.45, 7) is 1.85. The summed E-state index contributed by atoms with van der Waals surface area (Å²) in [5, 5.41) is 4.38. The Morgan fingerprint density at radius 2 is 1.17 bits per heavy atom. The maximum Gasteiger partial charge on any atom is 0.231 e. The molecule has 0 radical (unpaired) electrons. The van der Waals surface area contributed by atoms with E-state index >= 15 is 0 Å². The average Bonchev–Trinajstić information content (AvgIpc) is 3.42. The van der Waals surface area contributed by atoms with Crippen LogP contribution in [0.3, 0.4) is 0 Å². The minimum atomic E-state index is -1.72. The zero-order chi connectivity index (χ0) is 24.5. The van der Waals surface area contributed by atoms with Gasteiger partial charge >= 0.3 is 0 Å². The van der Waals surface area contributed by atoms with Crippen LogP contribution in [0.1, 0.15) is 24.8 Å². The van der Waals surface area contributed by atoms with E-state index in [4.69, 9.17) is 14.2 Å². The van der Waals surface area contributed by atoms with E-state index in [2.05, 4.69) is 103 Å². The van der Waals surface area contributed by atoms with Gasteiger partial charge in [0.25, 0.3) is 0 Å². The van der Waals surface area contributed by atoms with Crippen molar-refractivity contribution in [2.75, 3.05) is 26.2 Å². The van der Waals surface area contributed by atoms with E-state index in [-0.39, 0.29) is 0 Å². The minimum Gasteiger partial charge on any atom is -0.454 e. The highest BCUT2D eigenvalue weighted by atomic mass is 31.2. The molecule has 184 valence electrons. The fraction of sp³-hybridized carbons (Fsp3) is 0.250. The number of benzene rings is 4. The van der Waals surface area contributed by atoms with E-state index < -0.39 is 7.26 Å². The zero-order valence-corrected chi connectivity index (χ0v) is 21.6. The van der Waals surface area contributed by atoms with Crippen LogP contribution in [0.2, 0.25) is 0 Å². The second kappa shape index (κ2) is 12.2. The molecule has 0 unspecified atom stereocenters.